The molecule has 2 amide bonds. The molecule has 1 unspecified atom stereocenters. The first kappa shape index (κ1) is 19.9. The van der Waals surface area contributed by atoms with Crippen molar-refractivity contribution in [1.29, 1.82) is 0 Å². The summed E-state index contributed by atoms with van der Waals surface area (Å²) in [5.74, 6) is 1.07. The third kappa shape index (κ3) is 4.77. The summed E-state index contributed by atoms with van der Waals surface area (Å²) in [6.45, 7) is 2.84. The van der Waals surface area contributed by atoms with Gasteiger partial charge in [0, 0.05) is 22.3 Å². The molecule has 0 saturated heterocycles. The molecule has 2 N–H and O–H groups in total. The van der Waals surface area contributed by atoms with Gasteiger partial charge in [0.1, 0.15) is 13.2 Å². The van der Waals surface area contributed by atoms with Gasteiger partial charge in [-0.05, 0) is 49.4 Å². The maximum Gasteiger partial charge on any atom is 0.291 e. The minimum absolute atomic E-state index is 0.137. The largest absolute Gasteiger partial charge is 0.486 e. The third-order valence-electron chi connectivity index (χ3n) is 4.33. The van der Waals surface area contributed by atoms with E-state index in [4.69, 9.17) is 13.9 Å². The van der Waals surface area contributed by atoms with Gasteiger partial charge >= 0.3 is 0 Å². The van der Waals surface area contributed by atoms with Gasteiger partial charge in [-0.2, -0.15) is 0 Å². The number of ether oxygens (including phenoxy) is 2. The number of rotatable bonds is 6. The zero-order valence-electron chi connectivity index (χ0n) is 16.2. The molecule has 2 aromatic carbocycles. The predicted molar refractivity (Wildman–Crippen MR) is 114 cm³/mol. The fourth-order valence-electron chi connectivity index (χ4n) is 2.87. The zero-order chi connectivity index (χ0) is 20.9. The summed E-state index contributed by atoms with van der Waals surface area (Å²) in [5, 5.41) is 5.33. The normalized spacial score (nSPS) is 13.4. The van der Waals surface area contributed by atoms with Crippen LogP contribution in [0.2, 0.25) is 0 Å². The first-order valence-electron chi connectivity index (χ1n) is 9.40. The van der Waals surface area contributed by atoms with E-state index in [0.717, 1.165) is 4.90 Å². The van der Waals surface area contributed by atoms with E-state index in [2.05, 4.69) is 10.6 Å². The highest BCUT2D eigenvalue weighted by Gasteiger charge is 2.17. The number of fused-ring (bicyclic) bond motifs is 1. The smallest absolute Gasteiger partial charge is 0.291 e. The lowest BCUT2D eigenvalue weighted by molar-refractivity contribution is -0.115. The van der Waals surface area contributed by atoms with Crippen molar-refractivity contribution in [1.82, 2.24) is 0 Å². The van der Waals surface area contributed by atoms with E-state index in [0.29, 0.717) is 36.1 Å². The molecule has 0 aliphatic carbocycles. The van der Waals surface area contributed by atoms with E-state index in [1.165, 1.54) is 18.0 Å². The summed E-state index contributed by atoms with van der Waals surface area (Å²) < 4.78 is 16.1. The molecule has 0 bridgehead atoms. The van der Waals surface area contributed by atoms with E-state index < -0.39 is 0 Å². The van der Waals surface area contributed by atoms with Gasteiger partial charge in [0.05, 0.1) is 11.5 Å². The lowest BCUT2D eigenvalue weighted by atomic mass is 10.2. The van der Waals surface area contributed by atoms with Crippen LogP contribution in [0.4, 0.5) is 11.4 Å². The average Bonchev–Trinajstić information content (AvgIpc) is 3.29. The number of carbonyl (C=O) groups is 2. The van der Waals surface area contributed by atoms with Gasteiger partial charge in [0.25, 0.3) is 5.91 Å². The number of hydrogen-bond donors (Lipinski definition) is 2. The summed E-state index contributed by atoms with van der Waals surface area (Å²) in [6, 6.07) is 15.9. The number of benzene rings is 2. The molecular weight excluding hydrogens is 404 g/mol. The summed E-state index contributed by atoms with van der Waals surface area (Å²) in [6.07, 6.45) is 1.45. The van der Waals surface area contributed by atoms with E-state index in [1.54, 1.807) is 36.4 Å². The van der Waals surface area contributed by atoms with Crippen LogP contribution in [0.25, 0.3) is 0 Å². The summed E-state index contributed by atoms with van der Waals surface area (Å²) >= 11 is 1.40. The summed E-state index contributed by atoms with van der Waals surface area (Å²) in [4.78, 5) is 25.6. The number of hydrogen-bond acceptors (Lipinski definition) is 6. The molecule has 0 spiro atoms. The molecule has 0 fully saturated rings. The third-order valence-corrected chi connectivity index (χ3v) is 5.42. The Kier molecular flexibility index (Phi) is 5.94. The van der Waals surface area contributed by atoms with Crippen molar-refractivity contribution in [2.24, 2.45) is 0 Å². The average molecular weight is 424 g/mol. The molecule has 1 aliphatic heterocycles. The molecule has 154 valence electrons. The second-order valence-electron chi connectivity index (χ2n) is 6.57. The minimum Gasteiger partial charge on any atom is -0.486 e. The van der Waals surface area contributed by atoms with Crippen LogP contribution in [-0.2, 0) is 4.79 Å². The van der Waals surface area contributed by atoms with Gasteiger partial charge in [-0.15, -0.1) is 11.8 Å². The van der Waals surface area contributed by atoms with Crippen molar-refractivity contribution < 1.29 is 23.5 Å². The molecule has 30 heavy (non-hydrogen) atoms. The molecule has 1 aliphatic rings. The van der Waals surface area contributed by atoms with Gasteiger partial charge in [-0.25, -0.2) is 0 Å². The number of amides is 2. The monoisotopic (exact) mass is 424 g/mol. The highest BCUT2D eigenvalue weighted by Crippen LogP contribution is 2.33. The zero-order valence-corrected chi connectivity index (χ0v) is 17.0. The van der Waals surface area contributed by atoms with Gasteiger partial charge in [0.15, 0.2) is 17.3 Å². The van der Waals surface area contributed by atoms with Crippen LogP contribution >= 0.6 is 11.8 Å². The fourth-order valence-corrected chi connectivity index (χ4v) is 3.80. The van der Waals surface area contributed by atoms with Crippen LogP contribution in [0.5, 0.6) is 11.5 Å². The highest BCUT2D eigenvalue weighted by atomic mass is 32.2. The molecule has 7 nitrogen and oxygen atoms in total. The second kappa shape index (κ2) is 8.96. The Morgan fingerprint density at radius 3 is 2.53 bits per heavy atom. The SMILES string of the molecule is CC(Sc1cccc(NC(=O)c2ccco2)c1)C(=O)Nc1ccc2c(c1)OCCO2. The maximum atomic E-state index is 12.6. The van der Waals surface area contributed by atoms with Crippen LogP contribution < -0.4 is 20.1 Å². The Labute approximate surface area is 177 Å². The van der Waals surface area contributed by atoms with Crippen LogP contribution in [0, 0.1) is 0 Å². The summed E-state index contributed by atoms with van der Waals surface area (Å²) in [5.41, 5.74) is 1.28. The molecular formula is C22H20N2O5S. The molecule has 0 radical (unpaired) electrons. The van der Waals surface area contributed by atoms with E-state index in [1.807, 2.05) is 25.1 Å². The quantitative estimate of drug-likeness (QED) is 0.569. The molecule has 2 heterocycles. The number of nitrogens with one attached hydrogen (secondary N) is 2. The van der Waals surface area contributed by atoms with Crippen molar-refractivity contribution in [3.05, 3.63) is 66.6 Å². The molecule has 0 saturated carbocycles. The van der Waals surface area contributed by atoms with E-state index >= 15 is 0 Å². The molecule has 8 heteroatoms. The van der Waals surface area contributed by atoms with Crippen LogP contribution in [-0.4, -0.2) is 30.3 Å². The first-order chi connectivity index (χ1) is 14.6. The number of carbonyl (C=O) groups excluding carboxylic acids is 2. The number of furan rings is 1. The Morgan fingerprint density at radius 2 is 1.73 bits per heavy atom. The Bertz CT molecular complexity index is 1050. The minimum atomic E-state index is -0.353. The fraction of sp³-hybridized carbons (Fsp3) is 0.182. The van der Waals surface area contributed by atoms with Crippen molar-refractivity contribution in [2.75, 3.05) is 23.8 Å². The molecule has 1 atom stereocenters. The van der Waals surface area contributed by atoms with Crippen molar-refractivity contribution in [3.8, 4) is 11.5 Å². The Hall–Kier alpha value is -3.39. The van der Waals surface area contributed by atoms with E-state index in [9.17, 15) is 9.59 Å². The molecule has 4 rings (SSSR count). The Balaban J connectivity index is 1.36. The van der Waals surface area contributed by atoms with E-state index in [-0.39, 0.29) is 22.8 Å². The topological polar surface area (TPSA) is 89.8 Å². The van der Waals surface area contributed by atoms with Crippen molar-refractivity contribution >= 4 is 35.0 Å². The van der Waals surface area contributed by atoms with Crippen molar-refractivity contribution in [3.63, 3.8) is 0 Å². The van der Waals surface area contributed by atoms with Crippen molar-refractivity contribution in [2.45, 2.75) is 17.1 Å². The maximum absolute atomic E-state index is 12.6. The lowest BCUT2D eigenvalue weighted by Crippen LogP contribution is -2.22. The van der Waals surface area contributed by atoms with Gasteiger partial charge in [0.2, 0.25) is 5.91 Å². The van der Waals surface area contributed by atoms with Gasteiger partial charge < -0.3 is 24.5 Å². The molecule has 3 aromatic rings. The van der Waals surface area contributed by atoms with Gasteiger partial charge in [-0.3, -0.25) is 9.59 Å². The Morgan fingerprint density at radius 1 is 0.933 bits per heavy atom. The lowest BCUT2D eigenvalue weighted by Gasteiger charge is -2.19. The van der Waals surface area contributed by atoms with Gasteiger partial charge in [-0.1, -0.05) is 6.07 Å². The number of thioether (sulfide) groups is 1. The number of anilines is 2. The second-order valence-corrected chi connectivity index (χ2v) is 7.98. The first-order valence-corrected chi connectivity index (χ1v) is 10.3. The standard InChI is InChI=1S/C22H20N2O5S/c1-14(21(25)23-16-7-8-18-20(13-16)29-11-10-28-18)30-17-5-2-4-15(12-17)24-22(26)19-6-3-9-27-19/h2-9,12-14H,10-11H2,1H3,(H,23,25)(H,24,26). The van der Waals surface area contributed by atoms with Crippen LogP contribution in [0.1, 0.15) is 17.5 Å². The molecule has 1 aromatic heterocycles. The van der Waals surface area contributed by atoms with Crippen LogP contribution in [0.3, 0.4) is 0 Å². The summed E-state index contributed by atoms with van der Waals surface area (Å²) in [7, 11) is 0. The predicted octanol–water partition coefficient (Wildman–Crippen LogP) is 4.42. The highest BCUT2D eigenvalue weighted by molar-refractivity contribution is 8.00. The van der Waals surface area contributed by atoms with Crippen LogP contribution in [0.15, 0.2) is 70.2 Å².